The summed E-state index contributed by atoms with van der Waals surface area (Å²) in [5, 5.41) is 9.84. The molecule has 0 aromatic heterocycles. The van der Waals surface area contributed by atoms with Gasteiger partial charge >= 0.3 is 0 Å². The largest absolute Gasteiger partial charge is 0.507 e. The summed E-state index contributed by atoms with van der Waals surface area (Å²) in [5.41, 5.74) is 1.91. The number of hydrogen-bond acceptors (Lipinski definition) is 1. The van der Waals surface area contributed by atoms with Crippen molar-refractivity contribution >= 4 is 6.08 Å². The molecule has 0 amide bonds. The normalized spacial score (nSPS) is 11.4. The van der Waals surface area contributed by atoms with Gasteiger partial charge in [-0.25, -0.2) is 0 Å². The molecular weight excluding hydrogens is 160 g/mol. The molecule has 0 aliphatic rings. The second-order valence-electron chi connectivity index (χ2n) is 3.44. The predicted molar refractivity (Wildman–Crippen MR) is 56.9 cm³/mol. The lowest BCUT2D eigenvalue weighted by Gasteiger charge is -2.09. The quantitative estimate of drug-likeness (QED) is 0.730. The maximum Gasteiger partial charge on any atom is 0.126 e. The second kappa shape index (κ2) is 4.13. The highest BCUT2D eigenvalue weighted by molar-refractivity contribution is 5.59. The van der Waals surface area contributed by atoms with Crippen molar-refractivity contribution in [3.8, 4) is 5.75 Å². The lowest BCUT2D eigenvalue weighted by Crippen LogP contribution is -1.89. The van der Waals surface area contributed by atoms with E-state index >= 15 is 0 Å². The highest BCUT2D eigenvalue weighted by Gasteiger charge is 2.07. The Morgan fingerprint density at radius 2 is 2.00 bits per heavy atom. The van der Waals surface area contributed by atoms with E-state index in [-0.39, 0.29) is 0 Å². The number of hydrogen-bond donors (Lipinski definition) is 1. The molecule has 1 aromatic carbocycles. The molecule has 70 valence electrons. The number of phenolic OH excluding ortho intramolecular Hbond substituents is 1. The molecule has 1 N–H and O–H groups in total. The number of allylic oxidation sites excluding steroid dienone is 1. The Bertz CT molecular complexity index is 311. The Balaban J connectivity index is 3.18. The maximum absolute atomic E-state index is 9.84. The highest BCUT2D eigenvalue weighted by atomic mass is 16.3. The fourth-order valence-corrected chi connectivity index (χ4v) is 1.36. The van der Waals surface area contributed by atoms with Crippen molar-refractivity contribution in [2.75, 3.05) is 0 Å². The number of benzene rings is 1. The van der Waals surface area contributed by atoms with Crippen molar-refractivity contribution in [1.29, 1.82) is 0 Å². The first-order valence-electron chi connectivity index (χ1n) is 4.61. The van der Waals surface area contributed by atoms with Crippen LogP contribution in [-0.4, -0.2) is 5.11 Å². The predicted octanol–water partition coefficient (Wildman–Crippen LogP) is 3.55. The standard InChI is InChI=1S/C12H16O/c1-4-6-10-7-5-8-11(9(2)3)12(10)13/h4-9,13H,1-3H3/b6-4-. The van der Waals surface area contributed by atoms with Gasteiger partial charge in [0.25, 0.3) is 0 Å². The lowest BCUT2D eigenvalue weighted by molar-refractivity contribution is 0.463. The Kier molecular flexibility index (Phi) is 3.13. The van der Waals surface area contributed by atoms with E-state index in [2.05, 4.69) is 13.8 Å². The van der Waals surface area contributed by atoms with E-state index in [0.717, 1.165) is 11.1 Å². The summed E-state index contributed by atoms with van der Waals surface area (Å²) in [6.07, 6.45) is 3.85. The van der Waals surface area contributed by atoms with Gasteiger partial charge in [0.2, 0.25) is 0 Å². The minimum Gasteiger partial charge on any atom is -0.507 e. The summed E-state index contributed by atoms with van der Waals surface area (Å²) in [7, 11) is 0. The first-order valence-corrected chi connectivity index (χ1v) is 4.61. The third kappa shape index (κ3) is 2.11. The van der Waals surface area contributed by atoms with Crippen LogP contribution in [0.25, 0.3) is 6.08 Å². The van der Waals surface area contributed by atoms with Crippen molar-refractivity contribution in [2.24, 2.45) is 0 Å². The summed E-state index contributed by atoms with van der Waals surface area (Å²) >= 11 is 0. The molecule has 13 heavy (non-hydrogen) atoms. The zero-order valence-corrected chi connectivity index (χ0v) is 8.41. The van der Waals surface area contributed by atoms with Crippen molar-refractivity contribution in [3.05, 3.63) is 35.4 Å². The Hall–Kier alpha value is -1.24. The van der Waals surface area contributed by atoms with Crippen LogP contribution in [0.5, 0.6) is 5.75 Å². The Morgan fingerprint density at radius 1 is 1.31 bits per heavy atom. The van der Waals surface area contributed by atoms with Crippen LogP contribution in [0.2, 0.25) is 0 Å². The van der Waals surface area contributed by atoms with E-state index in [4.69, 9.17) is 0 Å². The van der Waals surface area contributed by atoms with Gasteiger partial charge in [-0.1, -0.05) is 44.2 Å². The first kappa shape index (κ1) is 9.85. The second-order valence-corrected chi connectivity index (χ2v) is 3.44. The van der Waals surface area contributed by atoms with Crippen LogP contribution >= 0.6 is 0 Å². The fraction of sp³-hybridized carbons (Fsp3) is 0.333. The summed E-state index contributed by atoms with van der Waals surface area (Å²) in [6.45, 7) is 6.10. The van der Waals surface area contributed by atoms with E-state index in [1.807, 2.05) is 37.3 Å². The van der Waals surface area contributed by atoms with Crippen LogP contribution in [0.3, 0.4) is 0 Å². The molecule has 0 heterocycles. The van der Waals surface area contributed by atoms with E-state index < -0.39 is 0 Å². The molecule has 0 aliphatic carbocycles. The summed E-state index contributed by atoms with van der Waals surface area (Å²) in [5.74, 6) is 0.779. The SMILES string of the molecule is C/C=C\c1cccc(C(C)C)c1O. The minimum atomic E-state index is 0.366. The molecule has 0 spiro atoms. The molecule has 1 nitrogen and oxygen atoms in total. The topological polar surface area (TPSA) is 20.2 Å². The van der Waals surface area contributed by atoms with E-state index in [0.29, 0.717) is 11.7 Å². The molecular formula is C12H16O. The molecule has 0 fully saturated rings. The number of aromatic hydroxyl groups is 1. The van der Waals surface area contributed by atoms with Crippen molar-refractivity contribution in [3.63, 3.8) is 0 Å². The van der Waals surface area contributed by atoms with Crippen LogP contribution in [0.1, 0.15) is 37.8 Å². The van der Waals surface area contributed by atoms with Gasteiger partial charge in [-0.2, -0.15) is 0 Å². The van der Waals surface area contributed by atoms with Gasteiger partial charge in [-0.05, 0) is 18.4 Å². The summed E-state index contributed by atoms with van der Waals surface area (Å²) in [4.78, 5) is 0. The number of rotatable bonds is 2. The minimum absolute atomic E-state index is 0.366. The monoisotopic (exact) mass is 176 g/mol. The molecule has 0 saturated heterocycles. The van der Waals surface area contributed by atoms with Crippen molar-refractivity contribution in [2.45, 2.75) is 26.7 Å². The molecule has 0 saturated carbocycles. The first-order chi connectivity index (χ1) is 6.16. The third-order valence-corrected chi connectivity index (χ3v) is 2.07. The molecule has 1 aromatic rings. The van der Waals surface area contributed by atoms with E-state index in [9.17, 15) is 5.11 Å². The van der Waals surface area contributed by atoms with Gasteiger partial charge in [0.1, 0.15) is 5.75 Å². The molecule has 0 bridgehead atoms. The molecule has 0 atom stereocenters. The Morgan fingerprint density at radius 3 is 2.54 bits per heavy atom. The van der Waals surface area contributed by atoms with Crippen LogP contribution in [0.4, 0.5) is 0 Å². The van der Waals surface area contributed by atoms with E-state index in [1.165, 1.54) is 0 Å². The van der Waals surface area contributed by atoms with Gasteiger partial charge < -0.3 is 5.11 Å². The molecule has 1 rings (SSSR count). The van der Waals surface area contributed by atoms with E-state index in [1.54, 1.807) is 0 Å². The third-order valence-electron chi connectivity index (χ3n) is 2.07. The summed E-state index contributed by atoms with van der Waals surface area (Å²) in [6, 6.07) is 5.86. The van der Waals surface area contributed by atoms with Crippen molar-refractivity contribution in [1.82, 2.24) is 0 Å². The Labute approximate surface area is 79.7 Å². The lowest BCUT2D eigenvalue weighted by atomic mass is 9.99. The molecule has 0 aliphatic heterocycles. The van der Waals surface area contributed by atoms with Crippen LogP contribution < -0.4 is 0 Å². The van der Waals surface area contributed by atoms with Gasteiger partial charge in [0.05, 0.1) is 0 Å². The zero-order valence-electron chi connectivity index (χ0n) is 8.41. The van der Waals surface area contributed by atoms with Crippen LogP contribution in [0.15, 0.2) is 24.3 Å². The van der Waals surface area contributed by atoms with Gasteiger partial charge in [-0.3, -0.25) is 0 Å². The molecule has 1 heteroatoms. The number of phenols is 1. The van der Waals surface area contributed by atoms with Gasteiger partial charge in [0.15, 0.2) is 0 Å². The number of para-hydroxylation sites is 1. The average Bonchev–Trinajstić information content (AvgIpc) is 2.08. The van der Waals surface area contributed by atoms with Gasteiger partial charge in [-0.15, -0.1) is 0 Å². The van der Waals surface area contributed by atoms with Crippen LogP contribution in [-0.2, 0) is 0 Å². The van der Waals surface area contributed by atoms with Crippen LogP contribution in [0, 0.1) is 0 Å². The average molecular weight is 176 g/mol. The highest BCUT2D eigenvalue weighted by Crippen LogP contribution is 2.29. The summed E-state index contributed by atoms with van der Waals surface area (Å²) < 4.78 is 0. The molecule has 0 radical (unpaired) electrons. The van der Waals surface area contributed by atoms with Crippen molar-refractivity contribution < 1.29 is 5.11 Å². The van der Waals surface area contributed by atoms with Gasteiger partial charge in [0, 0.05) is 5.56 Å². The maximum atomic E-state index is 9.84. The smallest absolute Gasteiger partial charge is 0.126 e. The fourth-order valence-electron chi connectivity index (χ4n) is 1.36. The molecule has 0 unspecified atom stereocenters. The zero-order chi connectivity index (χ0) is 9.84.